The van der Waals surface area contributed by atoms with Crippen LogP contribution >= 0.6 is 15.9 Å². The van der Waals surface area contributed by atoms with Gasteiger partial charge in [0, 0.05) is 10.0 Å². The molecule has 0 radical (unpaired) electrons. The lowest BCUT2D eigenvalue weighted by atomic mass is 10.0. The van der Waals surface area contributed by atoms with Crippen molar-refractivity contribution in [1.29, 1.82) is 0 Å². The Morgan fingerprint density at radius 1 is 1.60 bits per heavy atom. The van der Waals surface area contributed by atoms with Crippen LogP contribution in [-0.4, -0.2) is 23.9 Å². The van der Waals surface area contributed by atoms with Crippen LogP contribution in [-0.2, 0) is 0 Å². The molecule has 0 aromatic heterocycles. The van der Waals surface area contributed by atoms with E-state index in [1.807, 2.05) is 6.92 Å². The lowest BCUT2D eigenvalue weighted by molar-refractivity contribution is 0.263. The Hall–Kier alpha value is -0.780. The van der Waals surface area contributed by atoms with Gasteiger partial charge in [0.25, 0.3) is 0 Å². The number of methoxy groups -OCH3 is 1. The van der Waals surface area contributed by atoms with Crippen molar-refractivity contribution in [2.24, 2.45) is 5.73 Å². The fourth-order valence-electron chi connectivity index (χ4n) is 1.48. The van der Waals surface area contributed by atoms with Gasteiger partial charge in [-0.15, -0.1) is 0 Å². The fourth-order valence-corrected chi connectivity index (χ4v) is 1.91. The first-order valence-corrected chi connectivity index (χ1v) is 5.24. The van der Waals surface area contributed by atoms with Crippen LogP contribution in [0.3, 0.4) is 0 Å². The van der Waals surface area contributed by atoms with Crippen LogP contribution in [0.2, 0.25) is 0 Å². The van der Waals surface area contributed by atoms with Crippen LogP contribution in [0.25, 0.3) is 0 Å². The average molecular weight is 276 g/mol. The summed E-state index contributed by atoms with van der Waals surface area (Å²) >= 11 is 3.30. The largest absolute Gasteiger partial charge is 0.504 e. The molecule has 0 amide bonds. The molecule has 4 nitrogen and oxygen atoms in total. The molecule has 1 rings (SSSR count). The van der Waals surface area contributed by atoms with Crippen LogP contribution in [0, 0.1) is 6.92 Å². The summed E-state index contributed by atoms with van der Waals surface area (Å²) in [5.74, 6) is 0.325. The van der Waals surface area contributed by atoms with Gasteiger partial charge in [0.05, 0.1) is 19.8 Å². The summed E-state index contributed by atoms with van der Waals surface area (Å²) in [6.07, 6.45) is 0. The van der Waals surface area contributed by atoms with Gasteiger partial charge in [-0.2, -0.15) is 0 Å². The Labute approximate surface area is 96.8 Å². The molecule has 0 saturated heterocycles. The van der Waals surface area contributed by atoms with Gasteiger partial charge in [-0.05, 0) is 18.6 Å². The van der Waals surface area contributed by atoms with Crippen molar-refractivity contribution in [3.8, 4) is 11.5 Å². The molecule has 1 atom stereocenters. The normalized spacial score (nSPS) is 12.6. The van der Waals surface area contributed by atoms with Crippen molar-refractivity contribution in [2.75, 3.05) is 13.7 Å². The van der Waals surface area contributed by atoms with Gasteiger partial charge in [-0.3, -0.25) is 0 Å². The minimum atomic E-state index is -0.566. The van der Waals surface area contributed by atoms with Gasteiger partial charge in [0.2, 0.25) is 0 Å². The number of benzene rings is 1. The molecule has 0 aliphatic heterocycles. The van der Waals surface area contributed by atoms with E-state index in [2.05, 4.69) is 15.9 Å². The Kier molecular flexibility index (Phi) is 3.96. The number of nitrogens with two attached hydrogens (primary N) is 1. The van der Waals surface area contributed by atoms with Crippen LogP contribution in [0.1, 0.15) is 17.2 Å². The molecule has 0 heterocycles. The molecule has 0 aliphatic rings. The topological polar surface area (TPSA) is 75.7 Å². The van der Waals surface area contributed by atoms with E-state index in [1.54, 1.807) is 6.07 Å². The van der Waals surface area contributed by atoms with Crippen molar-refractivity contribution in [2.45, 2.75) is 13.0 Å². The fraction of sp³-hybridized carbons (Fsp3) is 0.400. The van der Waals surface area contributed by atoms with E-state index in [0.717, 1.165) is 10.0 Å². The molecule has 84 valence electrons. The number of halogens is 1. The SMILES string of the molecule is COc1c(O)cc(Br)c(C)c1C(N)CO. The first kappa shape index (κ1) is 12.3. The van der Waals surface area contributed by atoms with E-state index in [9.17, 15) is 5.11 Å². The molecule has 1 aromatic rings. The summed E-state index contributed by atoms with van der Waals surface area (Å²) in [4.78, 5) is 0. The Bertz CT molecular complexity index is 368. The van der Waals surface area contributed by atoms with E-state index in [-0.39, 0.29) is 12.4 Å². The van der Waals surface area contributed by atoms with Crippen molar-refractivity contribution in [3.63, 3.8) is 0 Å². The minimum Gasteiger partial charge on any atom is -0.504 e. The van der Waals surface area contributed by atoms with Gasteiger partial charge >= 0.3 is 0 Å². The maximum absolute atomic E-state index is 9.65. The highest BCUT2D eigenvalue weighted by molar-refractivity contribution is 9.10. The number of aliphatic hydroxyl groups excluding tert-OH is 1. The molecule has 1 unspecified atom stereocenters. The second-order valence-electron chi connectivity index (χ2n) is 3.24. The summed E-state index contributed by atoms with van der Waals surface area (Å²) in [5, 5.41) is 18.7. The number of phenols is 1. The van der Waals surface area contributed by atoms with Crippen molar-refractivity contribution in [3.05, 3.63) is 21.7 Å². The average Bonchev–Trinajstić information content (AvgIpc) is 2.21. The predicted molar refractivity (Wildman–Crippen MR) is 61.1 cm³/mol. The van der Waals surface area contributed by atoms with Crippen LogP contribution in [0.4, 0.5) is 0 Å². The third-order valence-electron chi connectivity index (χ3n) is 2.27. The molecular formula is C10H14BrNO3. The lowest BCUT2D eigenvalue weighted by Crippen LogP contribution is -2.17. The number of hydrogen-bond acceptors (Lipinski definition) is 4. The van der Waals surface area contributed by atoms with Crippen LogP contribution in [0.5, 0.6) is 11.5 Å². The molecule has 1 aromatic carbocycles. The Morgan fingerprint density at radius 2 is 2.20 bits per heavy atom. The molecule has 15 heavy (non-hydrogen) atoms. The van der Waals surface area contributed by atoms with E-state index in [0.29, 0.717) is 11.3 Å². The van der Waals surface area contributed by atoms with Gasteiger partial charge in [-0.25, -0.2) is 0 Å². The summed E-state index contributed by atoms with van der Waals surface area (Å²) in [6, 6.07) is 0.977. The summed E-state index contributed by atoms with van der Waals surface area (Å²) in [6.45, 7) is 1.64. The van der Waals surface area contributed by atoms with E-state index < -0.39 is 6.04 Å². The number of hydrogen-bond donors (Lipinski definition) is 3. The molecule has 5 heteroatoms. The van der Waals surface area contributed by atoms with Crippen molar-refractivity contribution in [1.82, 2.24) is 0 Å². The van der Waals surface area contributed by atoms with Gasteiger partial charge in [0.15, 0.2) is 11.5 Å². The van der Waals surface area contributed by atoms with E-state index in [4.69, 9.17) is 15.6 Å². The monoisotopic (exact) mass is 275 g/mol. The third kappa shape index (κ3) is 2.25. The highest BCUT2D eigenvalue weighted by Crippen LogP contribution is 2.39. The molecule has 4 N–H and O–H groups in total. The smallest absolute Gasteiger partial charge is 0.165 e. The Morgan fingerprint density at radius 3 is 2.67 bits per heavy atom. The van der Waals surface area contributed by atoms with Crippen molar-refractivity contribution < 1.29 is 14.9 Å². The zero-order valence-electron chi connectivity index (χ0n) is 8.62. The molecule has 0 aliphatic carbocycles. The van der Waals surface area contributed by atoms with Crippen molar-refractivity contribution >= 4 is 15.9 Å². The lowest BCUT2D eigenvalue weighted by Gasteiger charge is -2.18. The van der Waals surface area contributed by atoms with Gasteiger partial charge < -0.3 is 20.7 Å². The molecule has 0 fully saturated rings. The predicted octanol–water partition coefficient (Wildman–Crippen LogP) is 1.46. The highest BCUT2D eigenvalue weighted by Gasteiger charge is 2.19. The number of ether oxygens (including phenoxy) is 1. The first-order valence-electron chi connectivity index (χ1n) is 4.45. The maximum atomic E-state index is 9.65. The molecular weight excluding hydrogens is 262 g/mol. The van der Waals surface area contributed by atoms with Crippen LogP contribution in [0.15, 0.2) is 10.5 Å². The van der Waals surface area contributed by atoms with Gasteiger partial charge in [-0.1, -0.05) is 15.9 Å². The molecule has 0 spiro atoms. The zero-order valence-corrected chi connectivity index (χ0v) is 10.2. The number of aliphatic hydroxyl groups is 1. The van der Waals surface area contributed by atoms with E-state index in [1.165, 1.54) is 7.11 Å². The standard InChI is InChI=1S/C10H14BrNO3/c1-5-6(11)3-8(14)10(15-2)9(5)7(12)4-13/h3,7,13-14H,4,12H2,1-2H3. The second-order valence-corrected chi connectivity index (χ2v) is 4.09. The van der Waals surface area contributed by atoms with Crippen LogP contribution < -0.4 is 10.5 Å². The summed E-state index contributed by atoms with van der Waals surface area (Å²) in [7, 11) is 1.45. The highest BCUT2D eigenvalue weighted by atomic mass is 79.9. The minimum absolute atomic E-state index is 0.00822. The third-order valence-corrected chi connectivity index (χ3v) is 3.10. The molecule has 0 saturated carbocycles. The second kappa shape index (κ2) is 4.83. The number of phenolic OH excluding ortho intramolecular Hbond substituents is 1. The number of aromatic hydroxyl groups is 1. The van der Waals surface area contributed by atoms with Gasteiger partial charge in [0.1, 0.15) is 0 Å². The summed E-state index contributed by atoms with van der Waals surface area (Å²) < 4.78 is 5.81. The Balaban J connectivity index is 3.43. The summed E-state index contributed by atoms with van der Waals surface area (Å²) in [5.41, 5.74) is 7.22. The quantitative estimate of drug-likeness (QED) is 0.781. The zero-order chi connectivity index (χ0) is 11.6. The maximum Gasteiger partial charge on any atom is 0.165 e. The molecule has 0 bridgehead atoms. The van der Waals surface area contributed by atoms with E-state index >= 15 is 0 Å². The first-order chi connectivity index (χ1) is 7.02. The number of rotatable bonds is 3.